The molecule has 2 saturated carbocycles. The molecular formula is C38H51N3O10S. The average Bonchev–Trinajstić information content (AvgIpc) is 3.97. The summed E-state index contributed by atoms with van der Waals surface area (Å²) in [4.78, 5) is 72.1. The summed E-state index contributed by atoms with van der Waals surface area (Å²) in [6.07, 6.45) is 3.90. The van der Waals surface area contributed by atoms with E-state index in [1.807, 2.05) is 32.9 Å². The van der Waals surface area contributed by atoms with Crippen molar-refractivity contribution in [3.8, 4) is 5.75 Å². The minimum atomic E-state index is -3.87. The third kappa shape index (κ3) is 7.72. The van der Waals surface area contributed by atoms with Crippen LogP contribution >= 0.6 is 0 Å². The van der Waals surface area contributed by atoms with Gasteiger partial charge in [0, 0.05) is 18.4 Å². The molecule has 0 radical (unpaired) electrons. The molecule has 3 amide bonds. The molecule has 1 aromatic carbocycles. The van der Waals surface area contributed by atoms with Gasteiger partial charge < -0.3 is 19.1 Å². The number of Topliss-reactive ketones (excluding diaryl/α,β-unsaturated/α-hetero) is 1. The number of benzene rings is 1. The fourth-order valence-corrected chi connectivity index (χ4v) is 9.39. The first-order valence-corrected chi connectivity index (χ1v) is 19.9. The van der Waals surface area contributed by atoms with Crippen LogP contribution in [0.5, 0.6) is 5.75 Å². The van der Waals surface area contributed by atoms with Gasteiger partial charge in [0.15, 0.2) is 5.78 Å². The van der Waals surface area contributed by atoms with E-state index in [1.54, 1.807) is 18.1 Å². The van der Waals surface area contributed by atoms with Crippen LogP contribution in [0.2, 0.25) is 0 Å². The van der Waals surface area contributed by atoms with E-state index in [1.165, 1.54) is 4.90 Å². The highest BCUT2D eigenvalue weighted by Gasteiger charge is 2.61. The van der Waals surface area contributed by atoms with Crippen LogP contribution in [0, 0.1) is 22.7 Å². The van der Waals surface area contributed by atoms with Gasteiger partial charge in [-0.2, -0.15) is 0 Å². The number of nitrogens with one attached hydrogen (secondary N) is 1. The van der Waals surface area contributed by atoms with Gasteiger partial charge in [0.25, 0.3) is 0 Å². The molecule has 1 saturated heterocycles. The molecule has 3 fully saturated rings. The second kappa shape index (κ2) is 14.5. The monoisotopic (exact) mass is 741 g/mol. The third-order valence-electron chi connectivity index (χ3n) is 11.5. The zero-order valence-corrected chi connectivity index (χ0v) is 31.4. The van der Waals surface area contributed by atoms with Crippen molar-refractivity contribution in [3.05, 3.63) is 41.5 Å². The van der Waals surface area contributed by atoms with Crippen LogP contribution in [0.4, 0.5) is 4.79 Å². The molecule has 3 aliphatic heterocycles. The molecular weight excluding hydrogens is 690 g/mol. The quantitative estimate of drug-likeness (QED) is 0.302. The highest BCUT2D eigenvalue weighted by Crippen LogP contribution is 2.57. The van der Waals surface area contributed by atoms with Crippen molar-refractivity contribution in [1.82, 2.24) is 14.5 Å². The lowest BCUT2D eigenvalue weighted by molar-refractivity contribution is -0.153. The van der Waals surface area contributed by atoms with Crippen LogP contribution in [-0.2, 0) is 58.2 Å². The van der Waals surface area contributed by atoms with Crippen molar-refractivity contribution >= 4 is 39.7 Å². The highest BCUT2D eigenvalue weighted by atomic mass is 32.2. The Kier molecular flexibility index (Phi) is 10.5. The van der Waals surface area contributed by atoms with E-state index in [9.17, 15) is 32.4 Å². The van der Waals surface area contributed by atoms with Crippen molar-refractivity contribution in [2.45, 2.75) is 115 Å². The number of amides is 3. The van der Waals surface area contributed by atoms with Gasteiger partial charge in [0.1, 0.15) is 11.9 Å². The van der Waals surface area contributed by atoms with Gasteiger partial charge >= 0.3 is 12.1 Å². The number of nitrogens with zero attached hydrogens (tertiary/aromatic N) is 2. The molecule has 4 bridgehead atoms. The number of allylic oxidation sites excluding steroid dienone is 1. The molecule has 6 rings (SSSR count). The largest absolute Gasteiger partial charge is 0.496 e. The topological polar surface area (TPSA) is 166 Å². The summed E-state index contributed by atoms with van der Waals surface area (Å²) >= 11 is 0. The number of ether oxygens (including phenoxy) is 3. The molecule has 0 aromatic heterocycles. The summed E-state index contributed by atoms with van der Waals surface area (Å²) in [7, 11) is -2.28. The highest BCUT2D eigenvalue weighted by molar-refractivity contribution is 7.90. The molecule has 52 heavy (non-hydrogen) atoms. The lowest BCUT2D eigenvalue weighted by atomic mass is 9.77. The summed E-state index contributed by atoms with van der Waals surface area (Å²) < 4.78 is 44.8. The Morgan fingerprint density at radius 3 is 2.48 bits per heavy atom. The van der Waals surface area contributed by atoms with Crippen LogP contribution in [0.25, 0.3) is 0 Å². The zero-order chi connectivity index (χ0) is 37.6. The first-order valence-electron chi connectivity index (χ1n) is 18.4. The molecule has 13 nitrogen and oxygen atoms in total. The van der Waals surface area contributed by atoms with E-state index in [4.69, 9.17) is 14.2 Å². The Hall–Kier alpha value is -3.94. The Labute approximate surface area is 305 Å². The number of ketones is 1. The van der Waals surface area contributed by atoms with Gasteiger partial charge in [0.05, 0.1) is 62.4 Å². The number of cyclic esters (lactones) is 1. The molecule has 284 valence electrons. The number of hydrogen-bond acceptors (Lipinski definition) is 10. The predicted molar refractivity (Wildman–Crippen MR) is 189 cm³/mol. The Bertz CT molecular complexity index is 1750. The third-order valence-corrected chi connectivity index (χ3v) is 13.3. The molecule has 0 unspecified atom stereocenters. The van der Waals surface area contributed by atoms with E-state index in [0.717, 1.165) is 36.0 Å². The number of aryl methyl sites for hydroxylation is 1. The van der Waals surface area contributed by atoms with Gasteiger partial charge in [-0.1, -0.05) is 32.9 Å². The fraction of sp³-hybridized carbons (Fsp3) is 0.658. The summed E-state index contributed by atoms with van der Waals surface area (Å²) in [6, 6.07) is 2.85. The molecule has 3 heterocycles. The number of carbonyl (C=O) groups excluding carboxylic acids is 5. The second-order valence-corrected chi connectivity index (χ2v) is 18.1. The minimum absolute atomic E-state index is 0.0101. The molecule has 1 N–H and O–H groups in total. The minimum Gasteiger partial charge on any atom is -0.496 e. The number of esters is 1. The molecule has 0 spiro atoms. The van der Waals surface area contributed by atoms with Gasteiger partial charge in [-0.25, -0.2) is 13.2 Å². The summed E-state index contributed by atoms with van der Waals surface area (Å²) in [5.41, 5.74) is 1.02. The Morgan fingerprint density at radius 1 is 1.10 bits per heavy atom. The van der Waals surface area contributed by atoms with Gasteiger partial charge in [-0.3, -0.25) is 28.8 Å². The standard InChI is InChI=1S/C38H51N3O10S/c1-6-24-18-38(24,35(45)39-52(47,48)26-12-13-26)19-31(42)30-16-25-20-41(30)34(44)29(37(2,3)4)17-33(43)50-15-9-7-8-10-23-11-14-32(49-5)28-22-40(21-27(23)28)36(46)51-25/h6,11,14,24-26,29-30H,1,7-10,12-13,15-22H2,2-5H3,(H,39,45)/t24-,25-,29-,30+,38-/m1/s1. The smallest absolute Gasteiger partial charge is 0.410 e. The maximum atomic E-state index is 14.5. The van der Waals surface area contributed by atoms with E-state index in [0.29, 0.717) is 31.6 Å². The molecule has 5 aliphatic rings. The van der Waals surface area contributed by atoms with Crippen molar-refractivity contribution in [2.75, 3.05) is 20.3 Å². The summed E-state index contributed by atoms with van der Waals surface area (Å²) in [5.74, 6) is -2.75. The first-order chi connectivity index (χ1) is 24.6. The van der Waals surface area contributed by atoms with E-state index < -0.39 is 79.7 Å². The Balaban J connectivity index is 1.28. The van der Waals surface area contributed by atoms with Crippen LogP contribution in [0.15, 0.2) is 24.8 Å². The van der Waals surface area contributed by atoms with E-state index in [-0.39, 0.29) is 45.4 Å². The normalized spacial score (nSPS) is 28.6. The number of sulfonamides is 1. The van der Waals surface area contributed by atoms with Gasteiger partial charge in [-0.05, 0) is 73.5 Å². The lowest BCUT2D eigenvalue weighted by Gasteiger charge is -2.34. The molecule has 1 aromatic rings. The van der Waals surface area contributed by atoms with E-state index >= 15 is 0 Å². The molecule has 2 aliphatic carbocycles. The zero-order valence-electron chi connectivity index (χ0n) is 30.6. The van der Waals surface area contributed by atoms with Crippen molar-refractivity contribution in [2.24, 2.45) is 22.7 Å². The predicted octanol–water partition coefficient (Wildman–Crippen LogP) is 4.20. The van der Waals surface area contributed by atoms with Crippen LogP contribution in [0.1, 0.15) is 95.2 Å². The number of methoxy groups -OCH3 is 1. The van der Waals surface area contributed by atoms with Crippen molar-refractivity contribution in [3.63, 3.8) is 0 Å². The van der Waals surface area contributed by atoms with Gasteiger partial charge in [0.2, 0.25) is 21.8 Å². The SMILES string of the molecule is C=C[C@@H]1C[C@]1(CC(=O)[C@@H]1C[C@@H]2CN1C(=O)[C@H](C(C)(C)C)CC(=O)OCCCCCc1ccc(OC)c3c1CN(C3)C(=O)O2)C(=O)NS(=O)(=O)C1CC1. The Morgan fingerprint density at radius 2 is 1.83 bits per heavy atom. The maximum absolute atomic E-state index is 14.5. The summed E-state index contributed by atoms with van der Waals surface area (Å²) in [5, 5.41) is -0.622. The number of rotatable bonds is 8. The van der Waals surface area contributed by atoms with Gasteiger partial charge in [-0.15, -0.1) is 6.58 Å². The molecule has 5 atom stereocenters. The van der Waals surface area contributed by atoms with Crippen molar-refractivity contribution in [1.29, 1.82) is 0 Å². The van der Waals surface area contributed by atoms with Crippen molar-refractivity contribution < 1.29 is 46.6 Å². The number of fused-ring (bicyclic) bond motifs is 3. The van der Waals surface area contributed by atoms with E-state index in [2.05, 4.69) is 11.3 Å². The number of carbonyl (C=O) groups is 5. The first kappa shape index (κ1) is 37.8. The fourth-order valence-electron chi connectivity index (χ4n) is 8.01. The number of hydrogen-bond donors (Lipinski definition) is 1. The second-order valence-electron chi connectivity index (χ2n) is 16.2. The lowest BCUT2D eigenvalue weighted by Crippen LogP contribution is -2.48. The van der Waals surface area contributed by atoms with Crippen LogP contribution in [0.3, 0.4) is 0 Å². The average molecular weight is 742 g/mol. The van der Waals surface area contributed by atoms with Crippen LogP contribution < -0.4 is 9.46 Å². The molecule has 14 heteroatoms. The maximum Gasteiger partial charge on any atom is 0.410 e. The van der Waals surface area contributed by atoms with Crippen LogP contribution in [-0.4, -0.2) is 85.5 Å². The summed E-state index contributed by atoms with van der Waals surface area (Å²) in [6.45, 7) is 10.1.